The van der Waals surface area contributed by atoms with Crippen molar-refractivity contribution in [2.24, 2.45) is 0 Å². The van der Waals surface area contributed by atoms with Crippen molar-refractivity contribution in [1.29, 1.82) is 0 Å². The zero-order chi connectivity index (χ0) is 20.1. The second-order valence-corrected chi connectivity index (χ2v) is 7.46. The molecular formula is C21H21N3O3S. The molecule has 0 aliphatic heterocycles. The normalized spacial score (nSPS) is 10.4. The van der Waals surface area contributed by atoms with Crippen LogP contribution >= 0.6 is 11.3 Å². The second-order valence-electron chi connectivity index (χ2n) is 6.40. The van der Waals surface area contributed by atoms with Crippen molar-refractivity contribution in [2.45, 2.75) is 27.4 Å². The lowest BCUT2D eigenvalue weighted by Crippen LogP contribution is -2.41. The monoisotopic (exact) mass is 395 g/mol. The van der Waals surface area contributed by atoms with Gasteiger partial charge in [0.1, 0.15) is 12.4 Å². The van der Waals surface area contributed by atoms with Crippen molar-refractivity contribution in [3.63, 3.8) is 0 Å². The predicted octanol–water partition coefficient (Wildman–Crippen LogP) is 3.72. The zero-order valence-corrected chi connectivity index (χ0v) is 16.7. The second kappa shape index (κ2) is 8.67. The maximum Gasteiger partial charge on any atom is 0.269 e. The first-order valence-electron chi connectivity index (χ1n) is 8.74. The minimum absolute atomic E-state index is 0.357. The molecule has 28 heavy (non-hydrogen) atoms. The summed E-state index contributed by atoms with van der Waals surface area (Å²) in [6.45, 7) is 6.14. The molecule has 1 heterocycles. The Labute approximate surface area is 167 Å². The van der Waals surface area contributed by atoms with Crippen LogP contribution in [-0.4, -0.2) is 16.8 Å². The van der Waals surface area contributed by atoms with Crippen LogP contribution < -0.4 is 15.6 Å². The van der Waals surface area contributed by atoms with Gasteiger partial charge in [0.2, 0.25) is 0 Å². The van der Waals surface area contributed by atoms with Gasteiger partial charge in [-0.05, 0) is 56.7 Å². The van der Waals surface area contributed by atoms with Gasteiger partial charge in [-0.15, -0.1) is 11.3 Å². The Bertz CT molecular complexity index is 996. The molecule has 2 amide bonds. The number of nitrogens with zero attached hydrogens (tertiary/aromatic N) is 1. The van der Waals surface area contributed by atoms with Crippen LogP contribution in [0.3, 0.4) is 0 Å². The molecule has 7 heteroatoms. The van der Waals surface area contributed by atoms with Gasteiger partial charge >= 0.3 is 0 Å². The third-order valence-electron chi connectivity index (χ3n) is 4.09. The van der Waals surface area contributed by atoms with Gasteiger partial charge in [-0.2, -0.15) is 0 Å². The molecule has 2 aromatic carbocycles. The Morgan fingerprint density at radius 1 is 1.00 bits per heavy atom. The number of amides is 2. The zero-order valence-electron chi connectivity index (χ0n) is 15.9. The van der Waals surface area contributed by atoms with Gasteiger partial charge < -0.3 is 4.74 Å². The highest BCUT2D eigenvalue weighted by Crippen LogP contribution is 2.15. The largest absolute Gasteiger partial charge is 0.487 e. The fourth-order valence-electron chi connectivity index (χ4n) is 2.66. The quantitative estimate of drug-likeness (QED) is 0.645. The van der Waals surface area contributed by atoms with E-state index in [4.69, 9.17) is 4.74 Å². The highest BCUT2D eigenvalue weighted by atomic mass is 32.1. The molecule has 3 rings (SSSR count). The molecule has 2 N–H and O–H groups in total. The van der Waals surface area contributed by atoms with Gasteiger partial charge in [0, 0.05) is 16.5 Å². The van der Waals surface area contributed by atoms with E-state index in [1.165, 1.54) is 0 Å². The fourth-order valence-corrected chi connectivity index (χ4v) is 3.25. The highest BCUT2D eigenvalue weighted by molar-refractivity contribution is 7.09. The standard InChI is InChI=1S/C21H21N3O3S/c1-13-4-9-19(14(2)10-13)21(26)24-23-20(25)16-5-7-18(8-6-16)27-11-17-12-28-15(3)22-17/h4-10,12H,11H2,1-3H3,(H,23,25)(H,24,26). The summed E-state index contributed by atoms with van der Waals surface area (Å²) in [5.41, 5.74) is 8.61. The van der Waals surface area contributed by atoms with E-state index in [9.17, 15) is 9.59 Å². The molecule has 144 valence electrons. The van der Waals surface area contributed by atoms with Crippen molar-refractivity contribution in [3.05, 3.63) is 80.8 Å². The number of hydrogen-bond donors (Lipinski definition) is 2. The summed E-state index contributed by atoms with van der Waals surface area (Å²) in [6, 6.07) is 12.2. The maximum absolute atomic E-state index is 12.2. The summed E-state index contributed by atoms with van der Waals surface area (Å²) >= 11 is 1.57. The SMILES string of the molecule is Cc1ccc(C(=O)NNC(=O)c2ccc(OCc3csc(C)n3)cc2)c(C)c1. The molecule has 3 aromatic rings. The van der Waals surface area contributed by atoms with Crippen molar-refractivity contribution in [1.82, 2.24) is 15.8 Å². The summed E-state index contributed by atoms with van der Waals surface area (Å²) < 4.78 is 5.66. The molecule has 0 atom stereocenters. The number of thiazole rings is 1. The first-order chi connectivity index (χ1) is 13.4. The van der Waals surface area contributed by atoms with E-state index in [1.54, 1.807) is 41.7 Å². The molecule has 0 saturated heterocycles. The molecule has 0 bridgehead atoms. The topological polar surface area (TPSA) is 80.3 Å². The summed E-state index contributed by atoms with van der Waals surface area (Å²) in [7, 11) is 0. The molecular weight excluding hydrogens is 374 g/mol. The number of aromatic nitrogens is 1. The maximum atomic E-state index is 12.2. The molecule has 0 spiro atoms. The minimum atomic E-state index is -0.403. The van der Waals surface area contributed by atoms with E-state index in [2.05, 4.69) is 15.8 Å². The number of benzene rings is 2. The number of aryl methyl sites for hydroxylation is 3. The van der Waals surface area contributed by atoms with E-state index in [0.29, 0.717) is 23.5 Å². The lowest BCUT2D eigenvalue weighted by atomic mass is 10.1. The summed E-state index contributed by atoms with van der Waals surface area (Å²) in [5.74, 6) is -0.120. The lowest BCUT2D eigenvalue weighted by Gasteiger charge is -2.10. The Hall–Kier alpha value is -3.19. The minimum Gasteiger partial charge on any atom is -0.487 e. The predicted molar refractivity (Wildman–Crippen MR) is 108 cm³/mol. The molecule has 0 radical (unpaired) electrons. The van der Waals surface area contributed by atoms with Crippen molar-refractivity contribution < 1.29 is 14.3 Å². The molecule has 0 unspecified atom stereocenters. The van der Waals surface area contributed by atoms with Crippen molar-refractivity contribution >= 4 is 23.2 Å². The Morgan fingerprint density at radius 2 is 1.71 bits per heavy atom. The molecule has 0 saturated carbocycles. The number of rotatable bonds is 5. The van der Waals surface area contributed by atoms with Crippen LogP contribution in [0.1, 0.15) is 42.5 Å². The molecule has 0 fully saturated rings. The van der Waals surface area contributed by atoms with Gasteiger partial charge in [-0.1, -0.05) is 17.7 Å². The Morgan fingerprint density at radius 3 is 2.36 bits per heavy atom. The fraction of sp³-hybridized carbons (Fsp3) is 0.190. The molecule has 0 aliphatic rings. The van der Waals surface area contributed by atoms with Gasteiger partial charge in [0.15, 0.2) is 0 Å². The third kappa shape index (κ3) is 4.95. The van der Waals surface area contributed by atoms with E-state index < -0.39 is 5.91 Å². The van der Waals surface area contributed by atoms with Crippen LogP contribution in [0, 0.1) is 20.8 Å². The van der Waals surface area contributed by atoms with E-state index >= 15 is 0 Å². The number of nitrogens with one attached hydrogen (secondary N) is 2. The third-order valence-corrected chi connectivity index (χ3v) is 4.91. The Kier molecular flexibility index (Phi) is 6.06. The molecule has 0 aliphatic carbocycles. The first-order valence-corrected chi connectivity index (χ1v) is 9.62. The van der Waals surface area contributed by atoms with Crippen LogP contribution in [0.15, 0.2) is 47.8 Å². The van der Waals surface area contributed by atoms with Crippen LogP contribution in [0.2, 0.25) is 0 Å². The van der Waals surface area contributed by atoms with E-state index in [-0.39, 0.29) is 5.91 Å². The lowest BCUT2D eigenvalue weighted by molar-refractivity contribution is 0.0846. The number of ether oxygens (including phenoxy) is 1. The number of hydrogen-bond acceptors (Lipinski definition) is 5. The van der Waals surface area contributed by atoms with Crippen LogP contribution in [0.25, 0.3) is 0 Å². The molecule has 6 nitrogen and oxygen atoms in total. The number of carbonyl (C=O) groups is 2. The van der Waals surface area contributed by atoms with Gasteiger partial charge in [0.25, 0.3) is 11.8 Å². The van der Waals surface area contributed by atoms with Gasteiger partial charge in [-0.25, -0.2) is 4.98 Å². The number of hydrazine groups is 1. The summed E-state index contributed by atoms with van der Waals surface area (Å²) in [6.07, 6.45) is 0. The smallest absolute Gasteiger partial charge is 0.269 e. The Balaban J connectivity index is 1.53. The average molecular weight is 395 g/mol. The van der Waals surface area contributed by atoms with Crippen LogP contribution in [0.5, 0.6) is 5.75 Å². The van der Waals surface area contributed by atoms with E-state index in [0.717, 1.165) is 21.8 Å². The van der Waals surface area contributed by atoms with Gasteiger partial charge in [-0.3, -0.25) is 20.4 Å². The van der Waals surface area contributed by atoms with Gasteiger partial charge in [0.05, 0.1) is 10.7 Å². The van der Waals surface area contributed by atoms with E-state index in [1.807, 2.05) is 38.3 Å². The highest BCUT2D eigenvalue weighted by Gasteiger charge is 2.11. The van der Waals surface area contributed by atoms with Crippen molar-refractivity contribution in [3.8, 4) is 5.75 Å². The summed E-state index contributed by atoms with van der Waals surface area (Å²) in [5, 5.41) is 2.95. The summed E-state index contributed by atoms with van der Waals surface area (Å²) in [4.78, 5) is 28.8. The molecule has 1 aromatic heterocycles. The van der Waals surface area contributed by atoms with Crippen LogP contribution in [0.4, 0.5) is 0 Å². The first kappa shape index (κ1) is 19.6. The average Bonchev–Trinajstić information content (AvgIpc) is 3.10. The van der Waals surface area contributed by atoms with Crippen LogP contribution in [-0.2, 0) is 6.61 Å². The number of carbonyl (C=O) groups excluding carboxylic acids is 2. The van der Waals surface area contributed by atoms with Crippen molar-refractivity contribution in [2.75, 3.05) is 0 Å².